The van der Waals surface area contributed by atoms with E-state index in [4.69, 9.17) is 9.84 Å². The number of carboxylic acids is 1. The predicted molar refractivity (Wildman–Crippen MR) is 58.3 cm³/mol. The van der Waals surface area contributed by atoms with Gasteiger partial charge in [0.15, 0.2) is 0 Å². The summed E-state index contributed by atoms with van der Waals surface area (Å²) in [4.78, 5) is 11.8. The highest BCUT2D eigenvalue weighted by Crippen LogP contribution is 2.30. The molecular formula is C11H18F3NO3. The van der Waals surface area contributed by atoms with Gasteiger partial charge in [-0.25, -0.2) is 0 Å². The molecule has 1 N–H and O–H groups in total. The molecule has 7 heteroatoms. The topological polar surface area (TPSA) is 49.8 Å². The molecule has 106 valence electrons. The lowest BCUT2D eigenvalue weighted by molar-refractivity contribution is -0.195. The molecule has 18 heavy (non-hydrogen) atoms. The summed E-state index contributed by atoms with van der Waals surface area (Å²) in [5.41, 5.74) is 0. The fourth-order valence-corrected chi connectivity index (χ4v) is 2.37. The van der Waals surface area contributed by atoms with Crippen LogP contribution >= 0.6 is 0 Å². The van der Waals surface area contributed by atoms with Crippen LogP contribution in [0.3, 0.4) is 0 Å². The number of carbonyl (C=O) groups is 1. The number of carboxylic acid groups (broad SMARTS) is 1. The van der Waals surface area contributed by atoms with E-state index >= 15 is 0 Å². The van der Waals surface area contributed by atoms with Crippen molar-refractivity contribution in [2.24, 2.45) is 5.92 Å². The molecule has 2 unspecified atom stereocenters. The standard InChI is InChI=1S/C11H18F3NO3/c1-18-7-8-3-2-4-15(6-8)9(5-10(16)17)11(12,13)14/h8-9H,2-7H2,1H3,(H,16,17). The first-order valence-electron chi connectivity index (χ1n) is 5.86. The van der Waals surface area contributed by atoms with E-state index in [1.807, 2.05) is 0 Å². The van der Waals surface area contributed by atoms with Gasteiger partial charge in [0.2, 0.25) is 0 Å². The minimum absolute atomic E-state index is 0.0439. The zero-order valence-electron chi connectivity index (χ0n) is 10.2. The van der Waals surface area contributed by atoms with Crippen molar-refractivity contribution >= 4 is 5.97 Å². The third kappa shape index (κ3) is 4.45. The van der Waals surface area contributed by atoms with Crippen LogP contribution in [-0.2, 0) is 9.53 Å². The van der Waals surface area contributed by atoms with Crippen molar-refractivity contribution in [3.05, 3.63) is 0 Å². The Hall–Kier alpha value is -0.820. The molecule has 0 spiro atoms. The number of piperidine rings is 1. The number of likely N-dealkylation sites (tertiary alicyclic amines) is 1. The van der Waals surface area contributed by atoms with Gasteiger partial charge >= 0.3 is 12.1 Å². The van der Waals surface area contributed by atoms with Crippen LogP contribution in [0.2, 0.25) is 0 Å². The van der Waals surface area contributed by atoms with Crippen molar-refractivity contribution in [1.82, 2.24) is 4.90 Å². The summed E-state index contributed by atoms with van der Waals surface area (Å²) in [5, 5.41) is 8.60. The number of hydrogen-bond donors (Lipinski definition) is 1. The average molecular weight is 269 g/mol. The third-order valence-corrected chi connectivity index (χ3v) is 3.14. The summed E-state index contributed by atoms with van der Waals surface area (Å²) in [7, 11) is 1.51. The molecule has 1 aliphatic rings. The summed E-state index contributed by atoms with van der Waals surface area (Å²) in [5.74, 6) is -1.38. The highest BCUT2D eigenvalue weighted by Gasteiger charge is 2.45. The summed E-state index contributed by atoms with van der Waals surface area (Å²) >= 11 is 0. The van der Waals surface area contributed by atoms with Crippen molar-refractivity contribution < 1.29 is 27.8 Å². The third-order valence-electron chi connectivity index (χ3n) is 3.14. The lowest BCUT2D eigenvalue weighted by atomic mass is 9.96. The normalized spacial score (nSPS) is 23.9. The largest absolute Gasteiger partial charge is 0.481 e. The van der Waals surface area contributed by atoms with E-state index < -0.39 is 24.6 Å². The van der Waals surface area contributed by atoms with E-state index in [0.29, 0.717) is 13.0 Å². The van der Waals surface area contributed by atoms with Crippen molar-refractivity contribution in [2.45, 2.75) is 31.5 Å². The number of rotatable bonds is 5. The number of hydrogen-bond acceptors (Lipinski definition) is 3. The van der Waals surface area contributed by atoms with Gasteiger partial charge in [0.1, 0.15) is 6.04 Å². The Labute approximate surface area is 104 Å². The van der Waals surface area contributed by atoms with E-state index in [2.05, 4.69) is 0 Å². The summed E-state index contributed by atoms with van der Waals surface area (Å²) < 4.78 is 43.5. The molecule has 1 saturated heterocycles. The molecule has 1 heterocycles. The molecule has 0 amide bonds. The monoisotopic (exact) mass is 269 g/mol. The Kier molecular flexibility index (Phi) is 5.40. The van der Waals surface area contributed by atoms with Crippen molar-refractivity contribution in [1.29, 1.82) is 0 Å². The van der Waals surface area contributed by atoms with Crippen molar-refractivity contribution in [2.75, 3.05) is 26.8 Å². The Morgan fingerprint density at radius 1 is 1.56 bits per heavy atom. The molecule has 0 bridgehead atoms. The highest BCUT2D eigenvalue weighted by atomic mass is 19.4. The first kappa shape index (κ1) is 15.2. The fraction of sp³-hybridized carbons (Fsp3) is 0.909. The summed E-state index contributed by atoms with van der Waals surface area (Å²) in [6, 6.07) is -1.89. The second kappa shape index (κ2) is 6.38. The molecule has 0 aromatic heterocycles. The maximum atomic E-state index is 12.8. The first-order valence-corrected chi connectivity index (χ1v) is 5.86. The number of halogens is 3. The Bertz CT molecular complexity index is 281. The molecule has 0 saturated carbocycles. The minimum atomic E-state index is -4.51. The molecule has 1 fully saturated rings. The molecule has 4 nitrogen and oxygen atoms in total. The van der Waals surface area contributed by atoms with Gasteiger partial charge in [-0.05, 0) is 25.3 Å². The molecule has 2 atom stereocenters. The van der Waals surface area contributed by atoms with Crippen LogP contribution in [0.4, 0.5) is 13.2 Å². The second-order valence-electron chi connectivity index (χ2n) is 4.61. The van der Waals surface area contributed by atoms with Gasteiger partial charge in [0.25, 0.3) is 0 Å². The molecule has 1 aliphatic heterocycles. The van der Waals surface area contributed by atoms with E-state index in [9.17, 15) is 18.0 Å². The van der Waals surface area contributed by atoms with Gasteiger partial charge < -0.3 is 9.84 Å². The SMILES string of the molecule is COCC1CCCN(C(CC(=O)O)C(F)(F)F)C1. The number of ether oxygens (including phenoxy) is 1. The van der Waals surface area contributed by atoms with Gasteiger partial charge in [-0.3, -0.25) is 9.69 Å². The van der Waals surface area contributed by atoms with E-state index in [0.717, 1.165) is 6.42 Å². The van der Waals surface area contributed by atoms with Crippen LogP contribution < -0.4 is 0 Å². The maximum Gasteiger partial charge on any atom is 0.404 e. The summed E-state index contributed by atoms with van der Waals surface area (Å²) in [6.07, 6.45) is -3.95. The van der Waals surface area contributed by atoms with Gasteiger partial charge in [0.05, 0.1) is 13.0 Å². The lowest BCUT2D eigenvalue weighted by Crippen LogP contribution is -2.51. The number of aliphatic carboxylic acids is 1. The molecule has 1 rings (SSSR count). The Balaban J connectivity index is 2.69. The van der Waals surface area contributed by atoms with Crippen LogP contribution in [0.5, 0.6) is 0 Å². The highest BCUT2D eigenvalue weighted by molar-refractivity contribution is 5.67. The van der Waals surface area contributed by atoms with Gasteiger partial charge in [-0.1, -0.05) is 0 Å². The average Bonchev–Trinajstić information content (AvgIpc) is 2.25. The maximum absolute atomic E-state index is 12.8. The van der Waals surface area contributed by atoms with Crippen LogP contribution in [0, 0.1) is 5.92 Å². The molecule has 0 aromatic rings. The fourth-order valence-electron chi connectivity index (χ4n) is 2.37. The van der Waals surface area contributed by atoms with Gasteiger partial charge in [-0.15, -0.1) is 0 Å². The van der Waals surface area contributed by atoms with Crippen molar-refractivity contribution in [3.8, 4) is 0 Å². The van der Waals surface area contributed by atoms with E-state index in [1.54, 1.807) is 0 Å². The van der Waals surface area contributed by atoms with Crippen molar-refractivity contribution in [3.63, 3.8) is 0 Å². The lowest BCUT2D eigenvalue weighted by Gasteiger charge is -2.38. The van der Waals surface area contributed by atoms with Crippen LogP contribution in [0.15, 0.2) is 0 Å². The second-order valence-corrected chi connectivity index (χ2v) is 4.61. The number of methoxy groups -OCH3 is 1. The minimum Gasteiger partial charge on any atom is -0.481 e. The number of nitrogens with zero attached hydrogens (tertiary/aromatic N) is 1. The first-order chi connectivity index (χ1) is 8.34. The quantitative estimate of drug-likeness (QED) is 0.826. The molecule has 0 aromatic carbocycles. The predicted octanol–water partition coefficient (Wildman–Crippen LogP) is 1.75. The van der Waals surface area contributed by atoms with Crippen LogP contribution in [0.25, 0.3) is 0 Å². The zero-order valence-corrected chi connectivity index (χ0v) is 10.2. The molecule has 0 radical (unpaired) electrons. The van der Waals surface area contributed by atoms with Gasteiger partial charge in [0, 0.05) is 13.7 Å². The van der Waals surface area contributed by atoms with Crippen LogP contribution in [0.1, 0.15) is 19.3 Å². The number of alkyl halides is 3. The van der Waals surface area contributed by atoms with Gasteiger partial charge in [-0.2, -0.15) is 13.2 Å². The smallest absolute Gasteiger partial charge is 0.404 e. The van der Waals surface area contributed by atoms with E-state index in [-0.39, 0.29) is 19.0 Å². The molecule has 0 aliphatic carbocycles. The molecular weight excluding hydrogens is 251 g/mol. The zero-order chi connectivity index (χ0) is 13.8. The summed E-state index contributed by atoms with van der Waals surface area (Å²) in [6.45, 7) is 0.942. The Morgan fingerprint density at radius 2 is 2.22 bits per heavy atom. The Morgan fingerprint density at radius 3 is 2.72 bits per heavy atom. The van der Waals surface area contributed by atoms with Crippen LogP contribution in [-0.4, -0.2) is 55.0 Å². The van der Waals surface area contributed by atoms with E-state index in [1.165, 1.54) is 12.0 Å².